The fraction of sp³-hybridized carbons (Fsp3) is 0.105. The summed E-state index contributed by atoms with van der Waals surface area (Å²) in [6, 6.07) is 12.4. The SMILES string of the molecule is Cc1ccc(NC(=O)c2ccccc2C(=O)c2ncc[nH]2)cc1C. The van der Waals surface area contributed by atoms with Crippen LogP contribution in [0.15, 0.2) is 54.9 Å². The third-order valence-electron chi connectivity index (χ3n) is 3.89. The molecule has 2 N–H and O–H groups in total. The first-order valence-electron chi connectivity index (χ1n) is 7.58. The molecule has 0 saturated heterocycles. The maximum absolute atomic E-state index is 12.6. The molecule has 1 amide bonds. The lowest BCUT2D eigenvalue weighted by molar-refractivity contribution is 0.0992. The highest BCUT2D eigenvalue weighted by molar-refractivity contribution is 6.16. The van der Waals surface area contributed by atoms with Crippen molar-refractivity contribution in [1.29, 1.82) is 0 Å². The zero-order chi connectivity index (χ0) is 17.1. The van der Waals surface area contributed by atoms with Crippen LogP contribution >= 0.6 is 0 Å². The van der Waals surface area contributed by atoms with Crippen LogP contribution in [0, 0.1) is 13.8 Å². The number of rotatable bonds is 4. The van der Waals surface area contributed by atoms with E-state index >= 15 is 0 Å². The molecule has 120 valence electrons. The van der Waals surface area contributed by atoms with E-state index < -0.39 is 0 Å². The maximum atomic E-state index is 12.6. The molecule has 0 aliphatic heterocycles. The second kappa shape index (κ2) is 6.50. The van der Waals surface area contributed by atoms with Crippen LogP contribution in [-0.4, -0.2) is 21.7 Å². The Bertz CT molecular complexity index is 899. The molecule has 0 spiro atoms. The average Bonchev–Trinajstić information content (AvgIpc) is 3.12. The number of amides is 1. The first-order chi connectivity index (χ1) is 11.6. The van der Waals surface area contributed by atoms with Gasteiger partial charge < -0.3 is 10.3 Å². The van der Waals surface area contributed by atoms with Gasteiger partial charge in [0, 0.05) is 23.6 Å². The number of aromatic nitrogens is 2. The summed E-state index contributed by atoms with van der Waals surface area (Å²) < 4.78 is 0. The third kappa shape index (κ3) is 3.10. The van der Waals surface area contributed by atoms with Crippen molar-refractivity contribution in [3.63, 3.8) is 0 Å². The zero-order valence-electron chi connectivity index (χ0n) is 13.5. The Morgan fingerprint density at radius 2 is 1.75 bits per heavy atom. The van der Waals surface area contributed by atoms with Crippen LogP contribution in [-0.2, 0) is 0 Å². The van der Waals surface area contributed by atoms with E-state index in [2.05, 4.69) is 15.3 Å². The molecule has 1 aromatic heterocycles. The number of carbonyl (C=O) groups excluding carboxylic acids is 2. The summed E-state index contributed by atoms with van der Waals surface area (Å²) in [4.78, 5) is 31.9. The lowest BCUT2D eigenvalue weighted by atomic mass is 10.0. The predicted molar refractivity (Wildman–Crippen MR) is 92.3 cm³/mol. The molecule has 2 aromatic carbocycles. The minimum absolute atomic E-state index is 0.210. The Kier molecular flexibility index (Phi) is 4.24. The third-order valence-corrected chi connectivity index (χ3v) is 3.89. The number of anilines is 1. The molecular weight excluding hydrogens is 302 g/mol. The first-order valence-corrected chi connectivity index (χ1v) is 7.58. The largest absolute Gasteiger partial charge is 0.342 e. The van der Waals surface area contributed by atoms with Gasteiger partial charge >= 0.3 is 0 Å². The molecule has 24 heavy (non-hydrogen) atoms. The van der Waals surface area contributed by atoms with Crippen molar-refractivity contribution in [3.05, 3.63) is 82.9 Å². The van der Waals surface area contributed by atoms with E-state index in [4.69, 9.17) is 0 Å². The maximum Gasteiger partial charge on any atom is 0.256 e. The molecule has 0 fully saturated rings. The summed E-state index contributed by atoms with van der Waals surface area (Å²) in [5.74, 6) is -0.430. The van der Waals surface area contributed by atoms with Crippen LogP contribution < -0.4 is 5.32 Å². The summed E-state index contributed by atoms with van der Waals surface area (Å²) in [6.07, 6.45) is 3.08. The van der Waals surface area contributed by atoms with Gasteiger partial charge in [0.15, 0.2) is 5.82 Å². The van der Waals surface area contributed by atoms with Crippen LogP contribution in [0.5, 0.6) is 0 Å². The molecule has 1 heterocycles. The Morgan fingerprint density at radius 1 is 1.00 bits per heavy atom. The van der Waals surface area contributed by atoms with Crippen molar-refractivity contribution in [1.82, 2.24) is 9.97 Å². The van der Waals surface area contributed by atoms with Gasteiger partial charge in [0.05, 0.1) is 5.56 Å². The summed E-state index contributed by atoms with van der Waals surface area (Å²) in [6.45, 7) is 4.00. The van der Waals surface area contributed by atoms with Gasteiger partial charge in [0.25, 0.3) is 5.91 Å². The highest BCUT2D eigenvalue weighted by atomic mass is 16.2. The van der Waals surface area contributed by atoms with Gasteiger partial charge in [-0.15, -0.1) is 0 Å². The first kappa shape index (κ1) is 15.7. The van der Waals surface area contributed by atoms with Crippen molar-refractivity contribution < 1.29 is 9.59 Å². The summed E-state index contributed by atoms with van der Waals surface area (Å²) >= 11 is 0. The lowest BCUT2D eigenvalue weighted by Crippen LogP contribution is -2.17. The number of H-pyrrole nitrogens is 1. The quantitative estimate of drug-likeness (QED) is 0.723. The number of aromatic amines is 1. The van der Waals surface area contributed by atoms with Gasteiger partial charge in [-0.3, -0.25) is 9.59 Å². The van der Waals surface area contributed by atoms with E-state index in [9.17, 15) is 9.59 Å². The second-order valence-corrected chi connectivity index (χ2v) is 5.57. The Balaban J connectivity index is 1.90. The van der Waals surface area contributed by atoms with Crippen molar-refractivity contribution in [2.75, 3.05) is 5.32 Å². The number of hydrogen-bond acceptors (Lipinski definition) is 3. The molecule has 0 unspecified atom stereocenters. The number of imidazole rings is 1. The molecule has 0 bridgehead atoms. The molecule has 3 aromatic rings. The lowest BCUT2D eigenvalue weighted by Gasteiger charge is -2.10. The number of benzene rings is 2. The number of nitrogens with one attached hydrogen (secondary N) is 2. The number of carbonyl (C=O) groups is 2. The molecule has 0 radical (unpaired) electrons. The monoisotopic (exact) mass is 319 g/mol. The Labute approximate surface area is 139 Å². The van der Waals surface area contributed by atoms with E-state index in [1.54, 1.807) is 30.5 Å². The molecule has 5 nitrogen and oxygen atoms in total. The topological polar surface area (TPSA) is 74.8 Å². The molecule has 5 heteroatoms. The summed E-state index contributed by atoms with van der Waals surface area (Å²) in [5, 5.41) is 2.85. The van der Waals surface area contributed by atoms with Gasteiger partial charge in [-0.2, -0.15) is 0 Å². The number of ketones is 1. The van der Waals surface area contributed by atoms with Crippen LogP contribution in [0.2, 0.25) is 0 Å². The molecule has 0 aliphatic rings. The van der Waals surface area contributed by atoms with Crippen LogP contribution in [0.1, 0.15) is 37.7 Å². The van der Waals surface area contributed by atoms with Crippen LogP contribution in [0.4, 0.5) is 5.69 Å². The van der Waals surface area contributed by atoms with Gasteiger partial charge in [-0.05, 0) is 43.2 Å². The van der Waals surface area contributed by atoms with Gasteiger partial charge in [0.2, 0.25) is 5.78 Å². The van der Waals surface area contributed by atoms with Gasteiger partial charge in [0.1, 0.15) is 0 Å². The molecule has 0 atom stereocenters. The van der Waals surface area contributed by atoms with E-state index in [-0.39, 0.29) is 17.5 Å². The zero-order valence-corrected chi connectivity index (χ0v) is 13.5. The van der Waals surface area contributed by atoms with Crippen LogP contribution in [0.25, 0.3) is 0 Å². The van der Waals surface area contributed by atoms with Crippen molar-refractivity contribution in [3.8, 4) is 0 Å². The number of nitrogens with zero attached hydrogens (tertiary/aromatic N) is 1. The summed E-state index contributed by atoms with van der Waals surface area (Å²) in [5.41, 5.74) is 3.57. The minimum atomic E-state index is -0.325. The minimum Gasteiger partial charge on any atom is -0.342 e. The normalized spacial score (nSPS) is 10.4. The van der Waals surface area contributed by atoms with Crippen molar-refractivity contribution in [2.24, 2.45) is 0 Å². The highest BCUT2D eigenvalue weighted by Gasteiger charge is 2.19. The van der Waals surface area contributed by atoms with Gasteiger partial charge in [-0.1, -0.05) is 24.3 Å². The van der Waals surface area contributed by atoms with E-state index in [0.29, 0.717) is 16.8 Å². The predicted octanol–water partition coefficient (Wildman–Crippen LogP) is 3.51. The van der Waals surface area contributed by atoms with E-state index in [1.165, 1.54) is 6.20 Å². The number of aryl methyl sites for hydroxylation is 2. The molecule has 3 rings (SSSR count). The van der Waals surface area contributed by atoms with Gasteiger partial charge in [-0.25, -0.2) is 4.98 Å². The molecular formula is C19H17N3O2. The van der Waals surface area contributed by atoms with Crippen LogP contribution in [0.3, 0.4) is 0 Å². The fourth-order valence-corrected chi connectivity index (χ4v) is 2.41. The average molecular weight is 319 g/mol. The van der Waals surface area contributed by atoms with Crippen molar-refractivity contribution >= 4 is 17.4 Å². The van der Waals surface area contributed by atoms with E-state index in [1.807, 2.05) is 32.0 Å². The second-order valence-electron chi connectivity index (χ2n) is 5.57. The molecule has 0 aliphatic carbocycles. The smallest absolute Gasteiger partial charge is 0.256 e. The van der Waals surface area contributed by atoms with Crippen molar-refractivity contribution in [2.45, 2.75) is 13.8 Å². The highest BCUT2D eigenvalue weighted by Crippen LogP contribution is 2.18. The Hall–Kier alpha value is -3.21. The van der Waals surface area contributed by atoms with E-state index in [0.717, 1.165) is 11.1 Å². The fourth-order valence-electron chi connectivity index (χ4n) is 2.41. The Morgan fingerprint density at radius 3 is 2.42 bits per heavy atom. The standard InChI is InChI=1S/C19H17N3O2/c1-12-7-8-14(11-13(12)2)22-19(24)16-6-4-3-5-15(16)17(23)18-20-9-10-21-18/h3-11H,1-2H3,(H,20,21)(H,22,24). The summed E-state index contributed by atoms with van der Waals surface area (Å²) in [7, 11) is 0. The number of hydrogen-bond donors (Lipinski definition) is 2. The molecule has 0 saturated carbocycles.